The van der Waals surface area contributed by atoms with Crippen LogP contribution in [0.5, 0.6) is 0 Å². The lowest BCUT2D eigenvalue weighted by Gasteiger charge is -1.84. The van der Waals surface area contributed by atoms with Crippen molar-refractivity contribution < 1.29 is 4.79 Å². The van der Waals surface area contributed by atoms with Gasteiger partial charge in [0.25, 0.3) is 0 Å². The summed E-state index contributed by atoms with van der Waals surface area (Å²) in [5.41, 5.74) is 1.58. The van der Waals surface area contributed by atoms with E-state index >= 15 is 0 Å². The van der Waals surface area contributed by atoms with Crippen LogP contribution in [0.2, 0.25) is 0 Å². The Morgan fingerprint density at radius 3 is 2.75 bits per heavy atom. The van der Waals surface area contributed by atoms with Gasteiger partial charge in [-0.05, 0) is 28.1 Å². The number of carbonyl (C=O) groups excluding carboxylic acids is 1. The van der Waals surface area contributed by atoms with Crippen LogP contribution < -0.4 is 0 Å². The maximum absolute atomic E-state index is 10.9. The Labute approximate surface area is 77.7 Å². The first-order valence-corrected chi connectivity index (χ1v) is 4.34. The molecule has 0 bridgehead atoms. The molecule has 2 aromatic rings. The fraction of sp³-hybridized carbons (Fsp3) is 0. The first-order chi connectivity index (χ1) is 5.77. The van der Waals surface area contributed by atoms with E-state index in [4.69, 9.17) is 0 Å². The van der Waals surface area contributed by atoms with Crippen LogP contribution in [0, 0.1) is 0 Å². The predicted molar refractivity (Wildman–Crippen MR) is 51.6 cm³/mol. The first-order valence-electron chi connectivity index (χ1n) is 3.55. The zero-order chi connectivity index (χ0) is 8.55. The van der Waals surface area contributed by atoms with Crippen molar-refractivity contribution in [3.8, 4) is 0 Å². The predicted octanol–water partition coefficient (Wildman–Crippen LogP) is 2.70. The molecule has 1 aromatic carbocycles. The van der Waals surface area contributed by atoms with Crippen LogP contribution in [0.1, 0.15) is 10.5 Å². The maximum Gasteiger partial charge on any atom is 0.244 e. The van der Waals surface area contributed by atoms with Crippen molar-refractivity contribution >= 4 is 31.5 Å². The molecule has 1 heterocycles. The SMILES string of the molecule is O=C(Br)c1cc2ccccc2[nH]1. The summed E-state index contributed by atoms with van der Waals surface area (Å²) in [6, 6.07) is 9.60. The minimum Gasteiger partial charge on any atom is -0.351 e. The monoisotopic (exact) mass is 223 g/mol. The standard InChI is InChI=1S/C9H6BrNO/c10-9(12)8-5-6-3-1-2-4-7(6)11-8/h1-5,11H. The Balaban J connectivity index is 2.70. The average molecular weight is 224 g/mol. The van der Waals surface area contributed by atoms with Crippen LogP contribution in [0.25, 0.3) is 10.9 Å². The van der Waals surface area contributed by atoms with E-state index in [1.807, 2.05) is 30.3 Å². The number of rotatable bonds is 1. The van der Waals surface area contributed by atoms with Crippen LogP contribution in [0.4, 0.5) is 0 Å². The molecule has 0 aliphatic rings. The first kappa shape index (κ1) is 7.55. The van der Waals surface area contributed by atoms with Gasteiger partial charge in [0.05, 0.1) is 5.69 Å². The van der Waals surface area contributed by atoms with Crippen LogP contribution >= 0.6 is 15.9 Å². The van der Waals surface area contributed by atoms with Crippen molar-refractivity contribution in [1.82, 2.24) is 4.98 Å². The van der Waals surface area contributed by atoms with Gasteiger partial charge in [0, 0.05) is 10.9 Å². The van der Waals surface area contributed by atoms with E-state index in [9.17, 15) is 4.79 Å². The lowest BCUT2D eigenvalue weighted by molar-refractivity contribution is 0.109. The zero-order valence-electron chi connectivity index (χ0n) is 6.17. The van der Waals surface area contributed by atoms with Crippen molar-refractivity contribution in [2.24, 2.45) is 0 Å². The molecule has 2 nitrogen and oxygen atoms in total. The zero-order valence-corrected chi connectivity index (χ0v) is 7.76. The van der Waals surface area contributed by atoms with Crippen LogP contribution in [-0.2, 0) is 0 Å². The fourth-order valence-corrected chi connectivity index (χ4v) is 1.39. The summed E-state index contributed by atoms with van der Waals surface area (Å²) in [7, 11) is 0. The van der Waals surface area contributed by atoms with Crippen LogP contribution in [0.15, 0.2) is 30.3 Å². The highest BCUT2D eigenvalue weighted by Gasteiger charge is 2.04. The van der Waals surface area contributed by atoms with E-state index in [-0.39, 0.29) is 4.69 Å². The van der Waals surface area contributed by atoms with E-state index in [0.717, 1.165) is 10.9 Å². The highest BCUT2D eigenvalue weighted by molar-refractivity contribution is 9.18. The number of carbonyl (C=O) groups is 1. The van der Waals surface area contributed by atoms with E-state index < -0.39 is 0 Å². The molecule has 0 spiro atoms. The van der Waals surface area contributed by atoms with Gasteiger partial charge in [-0.15, -0.1) is 0 Å². The molecular weight excluding hydrogens is 218 g/mol. The second-order valence-corrected chi connectivity index (χ2v) is 3.26. The summed E-state index contributed by atoms with van der Waals surface area (Å²) in [4.78, 5) is 13.9. The Morgan fingerprint density at radius 1 is 1.33 bits per heavy atom. The number of para-hydroxylation sites is 1. The molecule has 1 N–H and O–H groups in total. The minimum absolute atomic E-state index is 0.112. The molecule has 2 rings (SSSR count). The molecule has 0 aliphatic carbocycles. The van der Waals surface area contributed by atoms with Gasteiger partial charge in [0.1, 0.15) is 0 Å². The van der Waals surface area contributed by atoms with Crippen LogP contribution in [-0.4, -0.2) is 9.68 Å². The van der Waals surface area contributed by atoms with Gasteiger partial charge in [-0.25, -0.2) is 0 Å². The molecule has 0 amide bonds. The number of halogens is 1. The topological polar surface area (TPSA) is 32.9 Å². The second-order valence-electron chi connectivity index (χ2n) is 2.54. The Kier molecular flexibility index (Phi) is 1.73. The summed E-state index contributed by atoms with van der Waals surface area (Å²) >= 11 is 2.89. The molecule has 12 heavy (non-hydrogen) atoms. The number of hydrogen-bond acceptors (Lipinski definition) is 1. The molecule has 0 fully saturated rings. The Morgan fingerprint density at radius 2 is 2.08 bits per heavy atom. The summed E-state index contributed by atoms with van der Waals surface area (Å²) in [5, 5.41) is 1.06. The molecular formula is C9H6BrNO. The van der Waals surface area contributed by atoms with E-state index in [0.29, 0.717) is 5.69 Å². The van der Waals surface area contributed by atoms with E-state index in [1.165, 1.54) is 0 Å². The quantitative estimate of drug-likeness (QED) is 0.742. The highest BCUT2D eigenvalue weighted by atomic mass is 79.9. The van der Waals surface area contributed by atoms with Gasteiger partial charge >= 0.3 is 0 Å². The van der Waals surface area contributed by atoms with Gasteiger partial charge < -0.3 is 4.98 Å². The number of aromatic nitrogens is 1. The third-order valence-electron chi connectivity index (χ3n) is 1.74. The normalized spacial score (nSPS) is 10.4. The van der Waals surface area contributed by atoms with Crippen molar-refractivity contribution in [2.75, 3.05) is 0 Å². The molecule has 0 radical (unpaired) electrons. The summed E-state index contributed by atoms with van der Waals surface area (Å²) in [5.74, 6) is 0. The van der Waals surface area contributed by atoms with Crippen molar-refractivity contribution in [3.63, 3.8) is 0 Å². The Hall–Kier alpha value is -1.09. The highest BCUT2D eigenvalue weighted by Crippen LogP contribution is 2.15. The molecule has 0 unspecified atom stereocenters. The summed E-state index contributed by atoms with van der Waals surface area (Å²) in [6.45, 7) is 0. The van der Waals surface area contributed by atoms with E-state index in [1.54, 1.807) is 0 Å². The van der Waals surface area contributed by atoms with Crippen LogP contribution in [0.3, 0.4) is 0 Å². The van der Waals surface area contributed by atoms with Gasteiger partial charge in [-0.2, -0.15) is 0 Å². The number of nitrogens with one attached hydrogen (secondary N) is 1. The van der Waals surface area contributed by atoms with Crippen molar-refractivity contribution in [3.05, 3.63) is 36.0 Å². The molecule has 0 atom stereocenters. The maximum atomic E-state index is 10.9. The number of fused-ring (bicyclic) bond motifs is 1. The number of H-pyrrole nitrogens is 1. The summed E-state index contributed by atoms with van der Waals surface area (Å²) in [6.07, 6.45) is 0. The summed E-state index contributed by atoms with van der Waals surface area (Å²) < 4.78 is -0.112. The molecule has 0 aliphatic heterocycles. The molecule has 0 saturated carbocycles. The fourth-order valence-electron chi connectivity index (χ4n) is 1.18. The molecule has 3 heteroatoms. The van der Waals surface area contributed by atoms with Crippen molar-refractivity contribution in [1.29, 1.82) is 0 Å². The number of hydrogen-bond donors (Lipinski definition) is 1. The molecule has 0 saturated heterocycles. The number of benzene rings is 1. The second kappa shape index (κ2) is 2.75. The lowest BCUT2D eigenvalue weighted by atomic mass is 10.2. The lowest BCUT2D eigenvalue weighted by Crippen LogP contribution is -1.85. The molecule has 1 aromatic heterocycles. The molecule has 60 valence electrons. The van der Waals surface area contributed by atoms with Gasteiger partial charge in [0.2, 0.25) is 4.69 Å². The largest absolute Gasteiger partial charge is 0.351 e. The van der Waals surface area contributed by atoms with Gasteiger partial charge in [0.15, 0.2) is 0 Å². The van der Waals surface area contributed by atoms with Crippen molar-refractivity contribution in [2.45, 2.75) is 0 Å². The third-order valence-corrected chi connectivity index (χ3v) is 2.17. The number of aromatic amines is 1. The smallest absolute Gasteiger partial charge is 0.244 e. The van der Waals surface area contributed by atoms with Gasteiger partial charge in [-0.3, -0.25) is 4.79 Å². The van der Waals surface area contributed by atoms with Gasteiger partial charge in [-0.1, -0.05) is 18.2 Å². The van der Waals surface area contributed by atoms with E-state index in [2.05, 4.69) is 20.9 Å². The Bertz CT molecular complexity index is 400. The third kappa shape index (κ3) is 1.16. The average Bonchev–Trinajstić information content (AvgIpc) is 2.46. The minimum atomic E-state index is -0.112.